The number of hydrogen-bond donors (Lipinski definition) is 0. The van der Waals surface area contributed by atoms with E-state index in [1.54, 1.807) is 31.4 Å². The lowest BCUT2D eigenvalue weighted by Crippen LogP contribution is -2.16. The summed E-state index contributed by atoms with van der Waals surface area (Å²) >= 11 is 6.21. The van der Waals surface area contributed by atoms with Gasteiger partial charge in [0.2, 0.25) is 0 Å². The van der Waals surface area contributed by atoms with Gasteiger partial charge in [0, 0.05) is 24.2 Å². The van der Waals surface area contributed by atoms with Crippen LogP contribution in [-0.4, -0.2) is 18.0 Å². The van der Waals surface area contributed by atoms with Crippen molar-refractivity contribution in [3.05, 3.63) is 63.5 Å². The van der Waals surface area contributed by atoms with Crippen LogP contribution in [0.1, 0.15) is 10.4 Å². The predicted octanol–water partition coefficient (Wildman–Crippen LogP) is 3.68. The second-order valence-electron chi connectivity index (χ2n) is 5.20. The van der Waals surface area contributed by atoms with E-state index in [0.717, 1.165) is 16.5 Å². The summed E-state index contributed by atoms with van der Waals surface area (Å²) in [4.78, 5) is 23.4. The van der Waals surface area contributed by atoms with E-state index in [0.29, 0.717) is 28.0 Å². The van der Waals surface area contributed by atoms with Crippen molar-refractivity contribution in [2.45, 2.75) is 0 Å². The van der Waals surface area contributed by atoms with Crippen LogP contribution >= 0.6 is 11.6 Å². The monoisotopic (exact) mass is 327 g/mol. The number of nitrogens with zero attached hydrogens (tertiary/aromatic N) is 1. The number of halogens is 1. The largest absolute Gasteiger partial charge is 0.496 e. The molecule has 116 valence electrons. The lowest BCUT2D eigenvalue weighted by Gasteiger charge is -2.13. The van der Waals surface area contributed by atoms with Crippen LogP contribution in [0.5, 0.6) is 5.75 Å². The minimum Gasteiger partial charge on any atom is -0.496 e. The molecule has 0 amide bonds. The molecule has 3 rings (SSSR count). The first-order chi connectivity index (χ1) is 11.1. The topological polar surface area (TPSA) is 48.3 Å². The second kappa shape index (κ2) is 5.89. The minimum absolute atomic E-state index is 0.0630. The molecular formula is C18H14ClNO3. The van der Waals surface area contributed by atoms with E-state index in [2.05, 4.69) is 0 Å². The SMILES string of the molecule is COc1cc(-c2cn(C)c(=O)c3ccccc23)cc(Cl)c1C=O. The van der Waals surface area contributed by atoms with Crippen LogP contribution in [0.25, 0.3) is 21.9 Å². The average Bonchev–Trinajstić information content (AvgIpc) is 2.57. The van der Waals surface area contributed by atoms with Gasteiger partial charge in [-0.3, -0.25) is 9.59 Å². The highest BCUT2D eigenvalue weighted by molar-refractivity contribution is 6.33. The Hall–Kier alpha value is -2.59. The lowest BCUT2D eigenvalue weighted by atomic mass is 9.99. The number of fused-ring (bicyclic) bond motifs is 1. The van der Waals surface area contributed by atoms with Gasteiger partial charge in [0.05, 0.1) is 17.7 Å². The number of carbonyl (C=O) groups excluding carboxylic acids is 1. The highest BCUT2D eigenvalue weighted by atomic mass is 35.5. The van der Waals surface area contributed by atoms with E-state index in [9.17, 15) is 9.59 Å². The van der Waals surface area contributed by atoms with Crippen LogP contribution < -0.4 is 10.3 Å². The standard InChI is InChI=1S/C18H14ClNO3/c1-20-9-14(12-5-3-4-6-13(12)18(20)22)11-7-16(19)15(10-21)17(8-11)23-2/h3-10H,1-2H3. The molecule has 1 heterocycles. The Morgan fingerprint density at radius 1 is 1.17 bits per heavy atom. The normalized spacial score (nSPS) is 10.7. The minimum atomic E-state index is -0.0630. The van der Waals surface area contributed by atoms with E-state index < -0.39 is 0 Å². The number of aromatic nitrogens is 1. The van der Waals surface area contributed by atoms with Gasteiger partial charge in [0.1, 0.15) is 5.75 Å². The third kappa shape index (κ3) is 2.51. The number of rotatable bonds is 3. The zero-order valence-electron chi connectivity index (χ0n) is 12.7. The van der Waals surface area contributed by atoms with Crippen molar-refractivity contribution in [1.82, 2.24) is 4.57 Å². The van der Waals surface area contributed by atoms with E-state index in [-0.39, 0.29) is 5.56 Å². The first-order valence-corrected chi connectivity index (χ1v) is 7.36. The molecule has 0 aliphatic rings. The molecule has 0 spiro atoms. The van der Waals surface area contributed by atoms with Crippen LogP contribution in [0.15, 0.2) is 47.4 Å². The summed E-state index contributed by atoms with van der Waals surface area (Å²) in [6, 6.07) is 10.8. The summed E-state index contributed by atoms with van der Waals surface area (Å²) in [6.07, 6.45) is 2.43. The van der Waals surface area contributed by atoms with Gasteiger partial charge < -0.3 is 9.30 Å². The number of ether oxygens (including phenoxy) is 1. The zero-order chi connectivity index (χ0) is 16.6. The van der Waals surface area contributed by atoms with Crippen LogP contribution in [0, 0.1) is 0 Å². The van der Waals surface area contributed by atoms with E-state index in [1.807, 2.05) is 18.2 Å². The Balaban J connectivity index is 2.38. The van der Waals surface area contributed by atoms with Crippen LogP contribution in [0.4, 0.5) is 0 Å². The maximum atomic E-state index is 12.3. The summed E-state index contributed by atoms with van der Waals surface area (Å²) in [5.74, 6) is 0.403. The van der Waals surface area contributed by atoms with E-state index in [4.69, 9.17) is 16.3 Å². The molecule has 0 unspecified atom stereocenters. The third-order valence-corrected chi connectivity index (χ3v) is 4.14. The molecule has 0 N–H and O–H groups in total. The Morgan fingerprint density at radius 3 is 2.52 bits per heavy atom. The van der Waals surface area contributed by atoms with Gasteiger partial charge >= 0.3 is 0 Å². The first kappa shape index (κ1) is 15.3. The summed E-state index contributed by atoms with van der Waals surface area (Å²) in [5.41, 5.74) is 1.88. The number of benzene rings is 2. The summed E-state index contributed by atoms with van der Waals surface area (Å²) in [6.45, 7) is 0. The van der Waals surface area contributed by atoms with Gasteiger partial charge in [-0.2, -0.15) is 0 Å². The smallest absolute Gasteiger partial charge is 0.258 e. The van der Waals surface area contributed by atoms with Crippen LogP contribution in [0.2, 0.25) is 5.02 Å². The number of hydrogen-bond acceptors (Lipinski definition) is 3. The zero-order valence-corrected chi connectivity index (χ0v) is 13.4. The number of pyridine rings is 1. The Labute approximate surface area is 137 Å². The van der Waals surface area contributed by atoms with Gasteiger partial charge in [-0.25, -0.2) is 0 Å². The fourth-order valence-corrected chi connectivity index (χ4v) is 2.93. The molecule has 0 bridgehead atoms. The Kier molecular flexibility index (Phi) is 3.92. The molecule has 3 aromatic rings. The molecule has 0 fully saturated rings. The predicted molar refractivity (Wildman–Crippen MR) is 91.6 cm³/mol. The molecule has 23 heavy (non-hydrogen) atoms. The summed E-state index contributed by atoms with van der Waals surface area (Å²) < 4.78 is 6.79. The highest BCUT2D eigenvalue weighted by Crippen LogP contribution is 2.34. The van der Waals surface area contributed by atoms with Crippen molar-refractivity contribution < 1.29 is 9.53 Å². The maximum Gasteiger partial charge on any atom is 0.258 e. The first-order valence-electron chi connectivity index (χ1n) is 6.98. The number of aryl methyl sites for hydroxylation is 1. The second-order valence-corrected chi connectivity index (χ2v) is 5.60. The van der Waals surface area contributed by atoms with Gasteiger partial charge in [0.15, 0.2) is 6.29 Å². The molecule has 0 aliphatic carbocycles. The molecule has 4 nitrogen and oxygen atoms in total. The lowest BCUT2D eigenvalue weighted by molar-refractivity contribution is 0.112. The average molecular weight is 328 g/mol. The molecular weight excluding hydrogens is 314 g/mol. The third-order valence-electron chi connectivity index (χ3n) is 3.83. The van der Waals surface area contributed by atoms with Crippen molar-refractivity contribution in [3.63, 3.8) is 0 Å². The van der Waals surface area contributed by atoms with Gasteiger partial charge in [-0.15, -0.1) is 0 Å². The number of carbonyl (C=O) groups is 1. The van der Waals surface area contributed by atoms with E-state index >= 15 is 0 Å². The van der Waals surface area contributed by atoms with Crippen molar-refractivity contribution >= 4 is 28.7 Å². The maximum absolute atomic E-state index is 12.3. The molecule has 5 heteroatoms. The van der Waals surface area contributed by atoms with Crippen molar-refractivity contribution in [2.75, 3.05) is 7.11 Å². The van der Waals surface area contributed by atoms with Crippen molar-refractivity contribution in [2.24, 2.45) is 7.05 Å². The quantitative estimate of drug-likeness (QED) is 0.689. The summed E-state index contributed by atoms with van der Waals surface area (Å²) in [5, 5.41) is 1.77. The van der Waals surface area contributed by atoms with Crippen LogP contribution in [-0.2, 0) is 7.05 Å². The molecule has 0 radical (unpaired) electrons. The Bertz CT molecular complexity index is 976. The molecule has 0 aliphatic heterocycles. The van der Waals surface area contributed by atoms with Crippen molar-refractivity contribution in [1.29, 1.82) is 0 Å². The van der Waals surface area contributed by atoms with Crippen LogP contribution in [0.3, 0.4) is 0 Å². The fraction of sp³-hybridized carbons (Fsp3) is 0.111. The fourth-order valence-electron chi connectivity index (χ4n) is 2.68. The molecule has 2 aromatic carbocycles. The van der Waals surface area contributed by atoms with Gasteiger partial charge in [0.25, 0.3) is 5.56 Å². The molecule has 1 aromatic heterocycles. The molecule has 0 saturated heterocycles. The van der Waals surface area contributed by atoms with E-state index in [1.165, 1.54) is 11.7 Å². The van der Waals surface area contributed by atoms with Crippen molar-refractivity contribution in [3.8, 4) is 16.9 Å². The Morgan fingerprint density at radius 2 is 1.87 bits per heavy atom. The molecule has 0 saturated carbocycles. The van der Waals surface area contributed by atoms with Gasteiger partial charge in [-0.1, -0.05) is 29.8 Å². The summed E-state index contributed by atoms with van der Waals surface area (Å²) in [7, 11) is 3.19. The number of methoxy groups -OCH3 is 1. The highest BCUT2D eigenvalue weighted by Gasteiger charge is 2.14. The number of aldehydes is 1. The molecule has 0 atom stereocenters. The van der Waals surface area contributed by atoms with Gasteiger partial charge in [-0.05, 0) is 29.1 Å².